The number of hydrogen-bond donors (Lipinski definition) is 1. The number of halogens is 1. The molecular formula is C14H12INO. The minimum absolute atomic E-state index is 0.0749. The molecule has 2 aromatic rings. The lowest BCUT2D eigenvalue weighted by Gasteiger charge is -2.07. The summed E-state index contributed by atoms with van der Waals surface area (Å²) < 4.78 is 1.03. The van der Waals surface area contributed by atoms with Gasteiger partial charge in [-0.3, -0.25) is 4.79 Å². The summed E-state index contributed by atoms with van der Waals surface area (Å²) in [6.45, 7) is 2.00. The van der Waals surface area contributed by atoms with Crippen LogP contribution in [-0.2, 0) is 0 Å². The first-order valence-corrected chi connectivity index (χ1v) is 6.37. The van der Waals surface area contributed by atoms with Gasteiger partial charge in [0.1, 0.15) is 0 Å². The Labute approximate surface area is 114 Å². The fourth-order valence-electron chi connectivity index (χ4n) is 1.46. The van der Waals surface area contributed by atoms with Gasteiger partial charge in [0.15, 0.2) is 0 Å². The molecule has 17 heavy (non-hydrogen) atoms. The van der Waals surface area contributed by atoms with Gasteiger partial charge in [0.2, 0.25) is 0 Å². The van der Waals surface area contributed by atoms with E-state index in [2.05, 4.69) is 27.9 Å². The molecule has 0 aromatic heterocycles. The van der Waals surface area contributed by atoms with Gasteiger partial charge < -0.3 is 5.32 Å². The van der Waals surface area contributed by atoms with Crippen LogP contribution in [0.2, 0.25) is 0 Å². The summed E-state index contributed by atoms with van der Waals surface area (Å²) in [5.74, 6) is -0.0749. The molecule has 0 atom stereocenters. The molecular weight excluding hydrogens is 325 g/mol. The van der Waals surface area contributed by atoms with Crippen LogP contribution in [-0.4, -0.2) is 5.91 Å². The molecule has 2 nitrogen and oxygen atoms in total. The van der Waals surface area contributed by atoms with Gasteiger partial charge in [-0.1, -0.05) is 29.8 Å². The highest BCUT2D eigenvalue weighted by molar-refractivity contribution is 14.1. The number of amides is 1. The maximum absolute atomic E-state index is 12.0. The molecule has 0 fully saturated rings. The highest BCUT2D eigenvalue weighted by Crippen LogP contribution is 2.18. The third-order valence-electron chi connectivity index (χ3n) is 2.44. The molecule has 0 spiro atoms. The highest BCUT2D eigenvalue weighted by Gasteiger charge is 2.06. The van der Waals surface area contributed by atoms with Crippen LogP contribution >= 0.6 is 22.6 Å². The summed E-state index contributed by atoms with van der Waals surface area (Å²) in [7, 11) is 0. The molecule has 0 aliphatic heterocycles. The molecule has 86 valence electrons. The maximum Gasteiger partial charge on any atom is 0.255 e. The SMILES string of the molecule is Cc1ccc(C(=O)Nc2ccccc2I)cc1. The van der Waals surface area contributed by atoms with Crippen molar-refractivity contribution in [1.82, 2.24) is 0 Å². The summed E-state index contributed by atoms with van der Waals surface area (Å²) in [6.07, 6.45) is 0. The van der Waals surface area contributed by atoms with Crippen LogP contribution in [0.3, 0.4) is 0 Å². The zero-order valence-corrected chi connectivity index (χ0v) is 11.6. The van der Waals surface area contributed by atoms with Crippen molar-refractivity contribution in [1.29, 1.82) is 0 Å². The maximum atomic E-state index is 12.0. The van der Waals surface area contributed by atoms with Gasteiger partial charge in [-0.05, 0) is 53.8 Å². The number of benzene rings is 2. The minimum atomic E-state index is -0.0749. The molecule has 2 rings (SSSR count). The lowest BCUT2D eigenvalue weighted by atomic mass is 10.1. The Balaban J connectivity index is 2.17. The molecule has 0 unspecified atom stereocenters. The number of hydrogen-bond acceptors (Lipinski definition) is 1. The molecule has 0 bridgehead atoms. The van der Waals surface area contributed by atoms with Crippen molar-refractivity contribution in [3.8, 4) is 0 Å². The van der Waals surface area contributed by atoms with Crippen LogP contribution in [0.25, 0.3) is 0 Å². The third kappa shape index (κ3) is 3.06. The van der Waals surface area contributed by atoms with Gasteiger partial charge in [0, 0.05) is 9.13 Å². The van der Waals surface area contributed by atoms with Crippen molar-refractivity contribution < 1.29 is 4.79 Å². The number of carbonyl (C=O) groups is 1. The van der Waals surface area contributed by atoms with Crippen molar-refractivity contribution in [2.24, 2.45) is 0 Å². The van der Waals surface area contributed by atoms with Crippen LogP contribution < -0.4 is 5.32 Å². The van der Waals surface area contributed by atoms with Gasteiger partial charge in [0.05, 0.1) is 5.69 Å². The van der Waals surface area contributed by atoms with E-state index in [0.717, 1.165) is 14.8 Å². The number of para-hydroxylation sites is 1. The molecule has 0 saturated heterocycles. The van der Waals surface area contributed by atoms with Crippen molar-refractivity contribution in [2.45, 2.75) is 6.92 Å². The van der Waals surface area contributed by atoms with E-state index < -0.39 is 0 Å². The second-order valence-corrected chi connectivity index (χ2v) is 4.96. The highest BCUT2D eigenvalue weighted by atomic mass is 127. The zero-order chi connectivity index (χ0) is 12.3. The van der Waals surface area contributed by atoms with Gasteiger partial charge in [-0.25, -0.2) is 0 Å². The molecule has 1 amide bonds. The first kappa shape index (κ1) is 12.1. The average Bonchev–Trinajstić information content (AvgIpc) is 2.33. The predicted molar refractivity (Wildman–Crippen MR) is 78.3 cm³/mol. The second-order valence-electron chi connectivity index (χ2n) is 3.80. The quantitative estimate of drug-likeness (QED) is 0.829. The molecule has 0 aliphatic rings. The molecule has 0 saturated carbocycles. The largest absolute Gasteiger partial charge is 0.321 e. The van der Waals surface area contributed by atoms with E-state index in [9.17, 15) is 4.79 Å². The fourth-order valence-corrected chi connectivity index (χ4v) is 1.98. The van der Waals surface area contributed by atoms with Gasteiger partial charge >= 0.3 is 0 Å². The molecule has 0 aliphatic carbocycles. The lowest BCUT2D eigenvalue weighted by Crippen LogP contribution is -2.12. The number of nitrogens with one attached hydrogen (secondary N) is 1. The standard InChI is InChI=1S/C14H12INO/c1-10-6-8-11(9-7-10)14(17)16-13-5-3-2-4-12(13)15/h2-9H,1H3,(H,16,17). The molecule has 2 aromatic carbocycles. The Bertz CT molecular complexity index is 534. The molecule has 1 N–H and O–H groups in total. The van der Waals surface area contributed by atoms with Crippen molar-refractivity contribution in [3.05, 3.63) is 63.2 Å². The smallest absolute Gasteiger partial charge is 0.255 e. The normalized spacial score (nSPS) is 10.0. The van der Waals surface area contributed by atoms with Crippen LogP contribution in [0, 0.1) is 10.5 Å². The van der Waals surface area contributed by atoms with E-state index in [1.54, 1.807) is 0 Å². The van der Waals surface area contributed by atoms with E-state index in [1.165, 1.54) is 0 Å². The molecule has 0 radical (unpaired) electrons. The molecule has 0 heterocycles. The predicted octanol–water partition coefficient (Wildman–Crippen LogP) is 3.85. The first-order chi connectivity index (χ1) is 8.16. The van der Waals surface area contributed by atoms with Crippen molar-refractivity contribution >= 4 is 34.2 Å². The van der Waals surface area contributed by atoms with Crippen molar-refractivity contribution in [3.63, 3.8) is 0 Å². The Morgan fingerprint density at radius 3 is 2.35 bits per heavy atom. The van der Waals surface area contributed by atoms with E-state index in [1.807, 2.05) is 55.5 Å². The van der Waals surface area contributed by atoms with Gasteiger partial charge in [-0.2, -0.15) is 0 Å². The second kappa shape index (κ2) is 5.31. The summed E-state index contributed by atoms with van der Waals surface area (Å²) in [5, 5.41) is 2.90. The topological polar surface area (TPSA) is 29.1 Å². The van der Waals surface area contributed by atoms with E-state index in [0.29, 0.717) is 5.56 Å². The fraction of sp³-hybridized carbons (Fsp3) is 0.0714. The average molecular weight is 337 g/mol. The number of aryl methyl sites for hydroxylation is 1. The Morgan fingerprint density at radius 2 is 1.71 bits per heavy atom. The first-order valence-electron chi connectivity index (χ1n) is 5.29. The van der Waals surface area contributed by atoms with Crippen LogP contribution in [0.5, 0.6) is 0 Å². The van der Waals surface area contributed by atoms with E-state index in [-0.39, 0.29) is 5.91 Å². The van der Waals surface area contributed by atoms with Crippen molar-refractivity contribution in [2.75, 3.05) is 5.32 Å². The minimum Gasteiger partial charge on any atom is -0.321 e. The Morgan fingerprint density at radius 1 is 1.06 bits per heavy atom. The van der Waals surface area contributed by atoms with Crippen LogP contribution in [0.1, 0.15) is 15.9 Å². The van der Waals surface area contributed by atoms with Gasteiger partial charge in [-0.15, -0.1) is 0 Å². The summed E-state index contributed by atoms with van der Waals surface area (Å²) in [6, 6.07) is 15.3. The summed E-state index contributed by atoms with van der Waals surface area (Å²) >= 11 is 2.20. The number of carbonyl (C=O) groups excluding carboxylic acids is 1. The van der Waals surface area contributed by atoms with Crippen LogP contribution in [0.15, 0.2) is 48.5 Å². The number of rotatable bonds is 2. The summed E-state index contributed by atoms with van der Waals surface area (Å²) in [4.78, 5) is 12.0. The Hall–Kier alpha value is -1.36. The summed E-state index contributed by atoms with van der Waals surface area (Å²) in [5.41, 5.74) is 2.67. The lowest BCUT2D eigenvalue weighted by molar-refractivity contribution is 0.102. The number of anilines is 1. The third-order valence-corrected chi connectivity index (χ3v) is 3.38. The Kier molecular flexibility index (Phi) is 3.78. The molecule has 3 heteroatoms. The van der Waals surface area contributed by atoms with Crippen LogP contribution in [0.4, 0.5) is 5.69 Å². The monoisotopic (exact) mass is 337 g/mol. The zero-order valence-electron chi connectivity index (χ0n) is 9.41. The van der Waals surface area contributed by atoms with E-state index >= 15 is 0 Å². The van der Waals surface area contributed by atoms with Gasteiger partial charge in [0.25, 0.3) is 5.91 Å². The van der Waals surface area contributed by atoms with E-state index in [4.69, 9.17) is 0 Å².